The zero-order chi connectivity index (χ0) is 21.0. The molecule has 1 N–H and O–H groups in total. The summed E-state index contributed by atoms with van der Waals surface area (Å²) >= 11 is 8.47. The van der Waals surface area contributed by atoms with E-state index >= 15 is 0 Å². The number of hydrogen-bond acceptors (Lipinski definition) is 6. The lowest BCUT2D eigenvalue weighted by atomic mass is 9.91. The fraction of sp³-hybridized carbons (Fsp3) is 0.200. The summed E-state index contributed by atoms with van der Waals surface area (Å²) in [5.41, 5.74) is 0.757. The molecule has 154 valence electrons. The molecule has 0 spiro atoms. The summed E-state index contributed by atoms with van der Waals surface area (Å²) < 4.78 is 28.0. The van der Waals surface area contributed by atoms with Crippen LogP contribution in [0.4, 0.5) is 0 Å². The summed E-state index contributed by atoms with van der Waals surface area (Å²) in [4.78, 5) is 28.5. The van der Waals surface area contributed by atoms with Gasteiger partial charge in [-0.25, -0.2) is 17.8 Å². The van der Waals surface area contributed by atoms with Gasteiger partial charge in [0.2, 0.25) is 0 Å². The van der Waals surface area contributed by atoms with Crippen LogP contribution in [0.3, 0.4) is 0 Å². The molecule has 0 saturated heterocycles. The highest BCUT2D eigenvalue weighted by Gasteiger charge is 2.35. The van der Waals surface area contributed by atoms with Gasteiger partial charge in [-0.15, -0.1) is 22.7 Å². The van der Waals surface area contributed by atoms with Crippen LogP contribution in [0.15, 0.2) is 55.6 Å². The van der Waals surface area contributed by atoms with Crippen LogP contribution in [0.1, 0.15) is 29.2 Å². The monoisotopic (exact) mass is 478 g/mol. The van der Waals surface area contributed by atoms with Crippen molar-refractivity contribution in [2.45, 2.75) is 28.7 Å². The van der Waals surface area contributed by atoms with Crippen LogP contribution in [0.25, 0.3) is 15.9 Å². The first-order chi connectivity index (χ1) is 14.4. The zero-order valence-corrected chi connectivity index (χ0v) is 18.6. The van der Waals surface area contributed by atoms with E-state index < -0.39 is 26.3 Å². The summed E-state index contributed by atoms with van der Waals surface area (Å²) in [5.74, 6) is 0. The molecule has 10 heteroatoms. The van der Waals surface area contributed by atoms with Crippen molar-refractivity contribution in [3.63, 3.8) is 0 Å². The number of aromatic amines is 1. The number of sulfone groups is 1. The molecule has 1 aliphatic carbocycles. The van der Waals surface area contributed by atoms with Crippen molar-refractivity contribution < 1.29 is 8.42 Å². The highest BCUT2D eigenvalue weighted by Crippen LogP contribution is 2.43. The number of thiophene rings is 2. The van der Waals surface area contributed by atoms with Crippen molar-refractivity contribution in [1.29, 1.82) is 0 Å². The van der Waals surface area contributed by atoms with Crippen LogP contribution in [-0.2, 0) is 16.3 Å². The summed E-state index contributed by atoms with van der Waals surface area (Å²) in [6.07, 6.45) is 2.15. The molecular weight excluding hydrogens is 464 g/mol. The second-order valence-corrected chi connectivity index (χ2v) is 12.0. The minimum atomic E-state index is -3.73. The van der Waals surface area contributed by atoms with Crippen molar-refractivity contribution in [2.24, 2.45) is 0 Å². The lowest BCUT2D eigenvalue weighted by molar-refractivity contribution is 0.562. The molecule has 3 aromatic heterocycles. The molecule has 1 aromatic carbocycles. The molecule has 1 aliphatic rings. The molecule has 3 heterocycles. The van der Waals surface area contributed by atoms with Gasteiger partial charge < -0.3 is 0 Å². The van der Waals surface area contributed by atoms with Crippen LogP contribution >= 0.6 is 34.3 Å². The van der Waals surface area contributed by atoms with Crippen molar-refractivity contribution in [3.8, 4) is 5.69 Å². The Labute approximate surface area is 184 Å². The van der Waals surface area contributed by atoms with Crippen molar-refractivity contribution in [1.82, 2.24) is 9.55 Å². The van der Waals surface area contributed by atoms with Crippen LogP contribution in [0.5, 0.6) is 0 Å². The Hall–Kier alpha value is -2.20. The number of aromatic nitrogens is 2. The first kappa shape index (κ1) is 19.7. The predicted octanol–water partition coefficient (Wildman–Crippen LogP) is 4.31. The minimum absolute atomic E-state index is 0.0564. The SMILES string of the molecule is O=c1[nH]c2sccc2c(=O)n1-c1cc(S(=O)(=O)C2CCCc3ccccc32)sc1Cl. The smallest absolute Gasteiger partial charge is 0.298 e. The number of H-pyrrole nitrogens is 1. The molecule has 0 radical (unpaired) electrons. The normalized spacial score (nSPS) is 16.6. The lowest BCUT2D eigenvalue weighted by Gasteiger charge is -2.24. The fourth-order valence-corrected chi connectivity index (χ4v) is 8.52. The molecule has 0 bridgehead atoms. The topological polar surface area (TPSA) is 89.0 Å². The maximum absolute atomic E-state index is 13.5. The number of benzene rings is 1. The van der Waals surface area contributed by atoms with Crippen LogP contribution in [0.2, 0.25) is 4.34 Å². The molecule has 1 unspecified atom stereocenters. The summed E-state index contributed by atoms with van der Waals surface area (Å²) in [6, 6.07) is 10.5. The zero-order valence-electron chi connectivity index (χ0n) is 15.4. The summed E-state index contributed by atoms with van der Waals surface area (Å²) in [7, 11) is -3.73. The Balaban J connectivity index is 1.66. The highest BCUT2D eigenvalue weighted by atomic mass is 35.5. The van der Waals surface area contributed by atoms with E-state index in [-0.39, 0.29) is 14.2 Å². The fourth-order valence-electron chi connectivity index (χ4n) is 3.96. The van der Waals surface area contributed by atoms with E-state index in [9.17, 15) is 18.0 Å². The maximum atomic E-state index is 13.5. The minimum Gasteiger partial charge on any atom is -0.298 e. The summed E-state index contributed by atoms with van der Waals surface area (Å²) in [5, 5.41) is 1.39. The molecule has 5 rings (SSSR count). The first-order valence-corrected chi connectivity index (χ1v) is 12.8. The van der Waals surface area contributed by atoms with Gasteiger partial charge in [-0.2, -0.15) is 0 Å². The predicted molar refractivity (Wildman–Crippen MR) is 120 cm³/mol. The number of rotatable bonds is 3. The van der Waals surface area contributed by atoms with Crippen molar-refractivity contribution in [2.75, 3.05) is 0 Å². The van der Waals surface area contributed by atoms with E-state index in [0.29, 0.717) is 16.6 Å². The van der Waals surface area contributed by atoms with Gasteiger partial charge in [0.05, 0.1) is 16.3 Å². The Morgan fingerprint density at radius 1 is 1.17 bits per heavy atom. The average molecular weight is 479 g/mol. The standard InChI is InChI=1S/C20H15ClN2O4S3/c21-17-14(23-19(24)13-8-9-28-18(13)22-20(23)25)10-16(29-17)30(26,27)15-7-3-5-11-4-1-2-6-12(11)15/h1-2,4,6,8-10,15H,3,5,7H2,(H,22,25). The largest absolute Gasteiger partial charge is 0.334 e. The number of nitrogens with one attached hydrogen (secondary N) is 1. The second kappa shape index (κ2) is 7.19. The van der Waals surface area contributed by atoms with Crippen molar-refractivity contribution >= 4 is 54.3 Å². The summed E-state index contributed by atoms with van der Waals surface area (Å²) in [6.45, 7) is 0. The molecule has 0 fully saturated rings. The van der Waals surface area contributed by atoms with Crippen LogP contribution < -0.4 is 11.2 Å². The maximum Gasteiger partial charge on any atom is 0.334 e. The third-order valence-electron chi connectivity index (χ3n) is 5.38. The van der Waals surface area contributed by atoms with Gasteiger partial charge in [-0.05, 0) is 47.9 Å². The van der Waals surface area contributed by atoms with Gasteiger partial charge in [0.1, 0.15) is 13.4 Å². The highest BCUT2D eigenvalue weighted by molar-refractivity contribution is 7.93. The molecular formula is C20H15ClN2O4S3. The number of aryl methyl sites for hydroxylation is 1. The Morgan fingerprint density at radius 2 is 1.97 bits per heavy atom. The van der Waals surface area contributed by atoms with E-state index in [1.54, 1.807) is 11.4 Å². The van der Waals surface area contributed by atoms with Gasteiger partial charge in [-0.3, -0.25) is 9.78 Å². The number of halogens is 1. The third-order valence-corrected chi connectivity index (χ3v) is 10.2. The number of fused-ring (bicyclic) bond motifs is 2. The molecule has 6 nitrogen and oxygen atoms in total. The van der Waals surface area contributed by atoms with E-state index in [1.165, 1.54) is 17.4 Å². The molecule has 1 atom stereocenters. The molecule has 0 aliphatic heterocycles. The number of nitrogens with zero attached hydrogens (tertiary/aromatic N) is 1. The van der Waals surface area contributed by atoms with Crippen LogP contribution in [0, 0.1) is 0 Å². The van der Waals surface area contributed by atoms with Gasteiger partial charge in [0.25, 0.3) is 5.56 Å². The Bertz CT molecular complexity index is 1510. The molecule has 0 amide bonds. The Morgan fingerprint density at radius 3 is 2.80 bits per heavy atom. The average Bonchev–Trinajstić information content (AvgIpc) is 3.35. The van der Waals surface area contributed by atoms with Gasteiger partial charge in [0, 0.05) is 0 Å². The van der Waals surface area contributed by atoms with E-state index in [4.69, 9.17) is 11.6 Å². The Kier molecular flexibility index (Phi) is 4.73. The van der Waals surface area contributed by atoms with Gasteiger partial charge in [0.15, 0.2) is 9.84 Å². The van der Waals surface area contributed by atoms with Gasteiger partial charge in [-0.1, -0.05) is 35.9 Å². The van der Waals surface area contributed by atoms with E-state index in [1.807, 2.05) is 24.3 Å². The first-order valence-electron chi connectivity index (χ1n) is 9.22. The quantitative estimate of drug-likeness (QED) is 0.475. The number of hydrogen-bond donors (Lipinski definition) is 1. The van der Waals surface area contributed by atoms with Crippen LogP contribution in [-0.4, -0.2) is 18.0 Å². The molecule has 4 aromatic rings. The second-order valence-electron chi connectivity index (χ2n) is 7.08. The van der Waals surface area contributed by atoms with Gasteiger partial charge >= 0.3 is 5.69 Å². The lowest BCUT2D eigenvalue weighted by Crippen LogP contribution is -2.33. The van der Waals surface area contributed by atoms with E-state index in [2.05, 4.69) is 4.98 Å². The molecule has 30 heavy (non-hydrogen) atoms. The van der Waals surface area contributed by atoms with Crippen molar-refractivity contribution in [3.05, 3.63) is 78.1 Å². The third kappa shape index (κ3) is 2.99. The van der Waals surface area contributed by atoms with E-state index in [0.717, 1.165) is 39.9 Å². The molecule has 0 saturated carbocycles.